The van der Waals surface area contributed by atoms with E-state index in [0.717, 1.165) is 12.0 Å². The number of nitrogens with zero attached hydrogens (tertiary/aromatic N) is 1. The van der Waals surface area contributed by atoms with Crippen LogP contribution in [-0.4, -0.2) is 37.1 Å². The maximum atomic E-state index is 3.65. The SMILES string of the molecule is CCN(CCC1CC1)CC1CCCCN1. The summed E-state index contributed by atoms with van der Waals surface area (Å²) in [6, 6.07) is 0.776. The van der Waals surface area contributed by atoms with E-state index < -0.39 is 0 Å². The molecular weight excluding hydrogens is 184 g/mol. The van der Waals surface area contributed by atoms with Crippen molar-refractivity contribution in [1.29, 1.82) is 0 Å². The van der Waals surface area contributed by atoms with Crippen molar-refractivity contribution in [3.63, 3.8) is 0 Å². The van der Waals surface area contributed by atoms with E-state index in [9.17, 15) is 0 Å². The zero-order chi connectivity index (χ0) is 10.5. The lowest BCUT2D eigenvalue weighted by molar-refractivity contribution is 0.228. The molecule has 0 aromatic rings. The number of piperidine rings is 1. The van der Waals surface area contributed by atoms with Gasteiger partial charge < -0.3 is 10.2 Å². The van der Waals surface area contributed by atoms with Gasteiger partial charge in [0.15, 0.2) is 0 Å². The molecule has 2 fully saturated rings. The van der Waals surface area contributed by atoms with E-state index in [0.29, 0.717) is 0 Å². The van der Waals surface area contributed by atoms with Crippen molar-refractivity contribution in [2.24, 2.45) is 5.92 Å². The second-order valence-corrected chi connectivity index (χ2v) is 5.27. The second kappa shape index (κ2) is 5.86. The molecule has 1 saturated heterocycles. The molecule has 0 bridgehead atoms. The van der Waals surface area contributed by atoms with Gasteiger partial charge in [-0.15, -0.1) is 0 Å². The first-order valence-electron chi connectivity index (χ1n) is 6.84. The van der Waals surface area contributed by atoms with Crippen molar-refractivity contribution in [3.05, 3.63) is 0 Å². The molecule has 1 aliphatic carbocycles. The summed E-state index contributed by atoms with van der Waals surface area (Å²) in [5, 5.41) is 3.65. The Morgan fingerprint density at radius 2 is 2.07 bits per heavy atom. The van der Waals surface area contributed by atoms with Gasteiger partial charge in [-0.05, 0) is 44.8 Å². The standard InChI is InChI=1S/C13H26N2/c1-2-15(10-8-12-6-7-12)11-13-5-3-4-9-14-13/h12-14H,2-11H2,1H3. The molecule has 0 aromatic heterocycles. The van der Waals surface area contributed by atoms with Crippen LogP contribution in [0.1, 0.15) is 45.4 Å². The molecular formula is C13H26N2. The first kappa shape index (κ1) is 11.4. The predicted octanol–water partition coefficient (Wildman–Crippen LogP) is 2.25. The highest BCUT2D eigenvalue weighted by molar-refractivity contribution is 4.78. The average molecular weight is 210 g/mol. The van der Waals surface area contributed by atoms with Crippen molar-refractivity contribution in [2.75, 3.05) is 26.2 Å². The number of rotatable bonds is 6. The Morgan fingerprint density at radius 3 is 2.67 bits per heavy atom. The molecule has 15 heavy (non-hydrogen) atoms. The van der Waals surface area contributed by atoms with E-state index in [1.165, 1.54) is 64.7 Å². The predicted molar refractivity (Wildman–Crippen MR) is 65.1 cm³/mol. The molecule has 2 aliphatic rings. The zero-order valence-corrected chi connectivity index (χ0v) is 10.2. The van der Waals surface area contributed by atoms with Gasteiger partial charge in [0.05, 0.1) is 0 Å². The summed E-state index contributed by atoms with van der Waals surface area (Å²) in [6.07, 6.45) is 8.64. The van der Waals surface area contributed by atoms with Crippen LogP contribution in [0.5, 0.6) is 0 Å². The number of likely N-dealkylation sites (N-methyl/N-ethyl adjacent to an activating group) is 1. The number of hydrogen-bond donors (Lipinski definition) is 1. The summed E-state index contributed by atoms with van der Waals surface area (Å²) < 4.78 is 0. The first-order valence-corrected chi connectivity index (χ1v) is 6.84. The van der Waals surface area contributed by atoms with Crippen LogP contribution in [0, 0.1) is 5.92 Å². The van der Waals surface area contributed by atoms with Gasteiger partial charge in [-0.2, -0.15) is 0 Å². The van der Waals surface area contributed by atoms with E-state index in [4.69, 9.17) is 0 Å². The van der Waals surface area contributed by atoms with Crippen LogP contribution in [0.15, 0.2) is 0 Å². The molecule has 1 aliphatic heterocycles. The van der Waals surface area contributed by atoms with E-state index in [2.05, 4.69) is 17.1 Å². The first-order chi connectivity index (χ1) is 7.38. The van der Waals surface area contributed by atoms with Gasteiger partial charge in [-0.25, -0.2) is 0 Å². The summed E-state index contributed by atoms with van der Waals surface area (Å²) in [5.74, 6) is 1.08. The maximum absolute atomic E-state index is 3.65. The molecule has 0 aromatic carbocycles. The second-order valence-electron chi connectivity index (χ2n) is 5.27. The molecule has 2 rings (SSSR count). The monoisotopic (exact) mass is 210 g/mol. The molecule has 0 amide bonds. The normalized spacial score (nSPS) is 27.2. The fourth-order valence-corrected chi connectivity index (χ4v) is 2.54. The lowest BCUT2D eigenvalue weighted by atomic mass is 10.0. The summed E-state index contributed by atoms with van der Waals surface area (Å²) in [7, 11) is 0. The molecule has 88 valence electrons. The Kier molecular flexibility index (Phi) is 4.45. The van der Waals surface area contributed by atoms with Crippen LogP contribution in [-0.2, 0) is 0 Å². The highest BCUT2D eigenvalue weighted by Crippen LogP contribution is 2.32. The topological polar surface area (TPSA) is 15.3 Å². The third kappa shape index (κ3) is 4.12. The minimum atomic E-state index is 0.776. The van der Waals surface area contributed by atoms with E-state index >= 15 is 0 Å². The molecule has 1 N–H and O–H groups in total. The van der Waals surface area contributed by atoms with Crippen LogP contribution in [0.3, 0.4) is 0 Å². The molecule has 2 heteroatoms. The summed E-state index contributed by atoms with van der Waals surface area (Å²) in [6.45, 7) is 7.38. The van der Waals surface area contributed by atoms with Gasteiger partial charge in [0.25, 0.3) is 0 Å². The Hall–Kier alpha value is -0.0800. The molecule has 0 spiro atoms. The molecule has 1 atom stereocenters. The van der Waals surface area contributed by atoms with Crippen molar-refractivity contribution >= 4 is 0 Å². The molecule has 1 heterocycles. The third-order valence-corrected chi connectivity index (χ3v) is 3.89. The van der Waals surface area contributed by atoms with Gasteiger partial charge in [-0.1, -0.05) is 26.2 Å². The quantitative estimate of drug-likeness (QED) is 0.723. The van der Waals surface area contributed by atoms with Crippen molar-refractivity contribution in [3.8, 4) is 0 Å². The Bertz CT molecular complexity index is 171. The van der Waals surface area contributed by atoms with Crippen molar-refractivity contribution in [1.82, 2.24) is 10.2 Å². The van der Waals surface area contributed by atoms with Gasteiger partial charge in [0.1, 0.15) is 0 Å². The smallest absolute Gasteiger partial charge is 0.0195 e. The fourth-order valence-electron chi connectivity index (χ4n) is 2.54. The van der Waals surface area contributed by atoms with Gasteiger partial charge in [0.2, 0.25) is 0 Å². The maximum Gasteiger partial charge on any atom is 0.0195 e. The lowest BCUT2D eigenvalue weighted by Crippen LogP contribution is -2.43. The molecule has 2 nitrogen and oxygen atoms in total. The van der Waals surface area contributed by atoms with E-state index in [1.54, 1.807) is 0 Å². The summed E-state index contributed by atoms with van der Waals surface area (Å²) in [5.41, 5.74) is 0. The van der Waals surface area contributed by atoms with Crippen LogP contribution >= 0.6 is 0 Å². The lowest BCUT2D eigenvalue weighted by Gasteiger charge is -2.29. The van der Waals surface area contributed by atoms with Crippen molar-refractivity contribution < 1.29 is 0 Å². The molecule has 0 radical (unpaired) electrons. The Morgan fingerprint density at radius 1 is 1.20 bits per heavy atom. The van der Waals surface area contributed by atoms with Crippen LogP contribution in [0.2, 0.25) is 0 Å². The highest BCUT2D eigenvalue weighted by atomic mass is 15.1. The van der Waals surface area contributed by atoms with Gasteiger partial charge in [-0.3, -0.25) is 0 Å². The molecule has 1 unspecified atom stereocenters. The number of hydrogen-bond acceptors (Lipinski definition) is 2. The van der Waals surface area contributed by atoms with E-state index in [-0.39, 0.29) is 0 Å². The van der Waals surface area contributed by atoms with Crippen LogP contribution < -0.4 is 5.32 Å². The number of nitrogens with one attached hydrogen (secondary N) is 1. The van der Waals surface area contributed by atoms with E-state index in [1.807, 2.05) is 0 Å². The van der Waals surface area contributed by atoms with Crippen molar-refractivity contribution in [2.45, 2.75) is 51.5 Å². The van der Waals surface area contributed by atoms with Gasteiger partial charge >= 0.3 is 0 Å². The van der Waals surface area contributed by atoms with Gasteiger partial charge in [0, 0.05) is 12.6 Å². The Labute approximate surface area is 94.4 Å². The minimum Gasteiger partial charge on any atom is -0.313 e. The third-order valence-electron chi connectivity index (χ3n) is 3.89. The highest BCUT2D eigenvalue weighted by Gasteiger charge is 2.22. The molecule has 1 saturated carbocycles. The fraction of sp³-hybridized carbons (Fsp3) is 1.00. The van der Waals surface area contributed by atoms with Crippen LogP contribution in [0.4, 0.5) is 0 Å². The zero-order valence-electron chi connectivity index (χ0n) is 10.2. The summed E-state index contributed by atoms with van der Waals surface area (Å²) in [4.78, 5) is 2.64. The van der Waals surface area contributed by atoms with Crippen LogP contribution in [0.25, 0.3) is 0 Å². The Balaban J connectivity index is 1.63. The summed E-state index contributed by atoms with van der Waals surface area (Å²) >= 11 is 0. The average Bonchev–Trinajstić information content (AvgIpc) is 3.09. The minimum absolute atomic E-state index is 0.776. The largest absolute Gasteiger partial charge is 0.313 e.